The van der Waals surface area contributed by atoms with Gasteiger partial charge in [-0.2, -0.15) is 0 Å². The first kappa shape index (κ1) is 17.4. The summed E-state index contributed by atoms with van der Waals surface area (Å²) in [4.78, 5) is 0. The molecule has 2 N–H and O–H groups in total. The van der Waals surface area contributed by atoms with Crippen LogP contribution in [-0.4, -0.2) is 39.0 Å². The maximum Gasteiger partial charge on any atom is 0.0775 e. The van der Waals surface area contributed by atoms with Gasteiger partial charge in [0.05, 0.1) is 13.7 Å². The molecule has 114 valence electrons. The van der Waals surface area contributed by atoms with Crippen molar-refractivity contribution in [3.63, 3.8) is 0 Å². The Morgan fingerprint density at radius 1 is 1.20 bits per heavy atom. The first-order valence-electron chi connectivity index (χ1n) is 7.26. The molecule has 0 aliphatic carbocycles. The van der Waals surface area contributed by atoms with Gasteiger partial charge in [0.15, 0.2) is 0 Å². The van der Waals surface area contributed by atoms with Crippen LogP contribution in [-0.2, 0) is 11.3 Å². The first-order chi connectivity index (χ1) is 9.24. The molecule has 0 heterocycles. The molecule has 1 aromatic carbocycles. The van der Waals surface area contributed by atoms with Crippen molar-refractivity contribution in [2.45, 2.75) is 45.1 Å². The Hall–Kier alpha value is -0.683. The van der Waals surface area contributed by atoms with Crippen LogP contribution in [0, 0.1) is 0 Å². The number of benzene rings is 1. The molecule has 0 radical (unpaired) electrons. The summed E-state index contributed by atoms with van der Waals surface area (Å²) in [7, 11) is 0.450. The number of nitrogens with one attached hydrogen (secondary N) is 1. The van der Waals surface area contributed by atoms with E-state index in [9.17, 15) is 5.11 Å². The van der Waals surface area contributed by atoms with Crippen molar-refractivity contribution in [3.05, 3.63) is 29.8 Å². The Morgan fingerprint density at radius 3 is 2.30 bits per heavy atom. The van der Waals surface area contributed by atoms with Crippen LogP contribution in [0.15, 0.2) is 24.3 Å². The predicted octanol–water partition coefficient (Wildman–Crippen LogP) is 2.11. The maximum absolute atomic E-state index is 10.1. The molecule has 3 nitrogen and oxygen atoms in total. The van der Waals surface area contributed by atoms with Gasteiger partial charge in [-0.05, 0) is 12.5 Å². The fourth-order valence-corrected chi connectivity index (χ4v) is 3.18. The van der Waals surface area contributed by atoms with E-state index in [2.05, 4.69) is 49.2 Å². The molecule has 20 heavy (non-hydrogen) atoms. The fraction of sp³-hybridized carbons (Fsp3) is 0.625. The van der Waals surface area contributed by atoms with Gasteiger partial charge in [-0.15, -0.1) is 0 Å². The summed E-state index contributed by atoms with van der Waals surface area (Å²) in [6.07, 6.45) is 0.644. The van der Waals surface area contributed by atoms with Gasteiger partial charge in [-0.3, -0.25) is 0 Å². The minimum absolute atomic E-state index is 0.576. The van der Waals surface area contributed by atoms with Crippen molar-refractivity contribution < 1.29 is 9.84 Å². The number of ether oxygens (including phenoxy) is 1. The Kier molecular flexibility index (Phi) is 6.39. The zero-order chi connectivity index (χ0) is 15.2. The molecule has 0 amide bonds. The predicted molar refractivity (Wildman–Crippen MR) is 88.2 cm³/mol. The van der Waals surface area contributed by atoms with Crippen molar-refractivity contribution in [2.75, 3.05) is 20.3 Å². The average molecular weight is 295 g/mol. The van der Waals surface area contributed by atoms with Gasteiger partial charge >= 0.3 is 0 Å². The smallest absolute Gasteiger partial charge is 0.0775 e. The lowest BCUT2D eigenvalue weighted by Crippen LogP contribution is -2.39. The third kappa shape index (κ3) is 6.18. The van der Waals surface area contributed by atoms with Crippen molar-refractivity contribution in [3.8, 4) is 0 Å². The Balaban J connectivity index is 2.43. The molecule has 0 spiro atoms. The normalized spacial score (nSPS) is 15.1. The van der Waals surface area contributed by atoms with E-state index in [-0.39, 0.29) is 0 Å². The van der Waals surface area contributed by atoms with Gasteiger partial charge in [-0.25, -0.2) is 0 Å². The zero-order valence-corrected chi connectivity index (χ0v) is 14.5. The van der Waals surface area contributed by atoms with E-state index in [1.807, 2.05) is 6.92 Å². The highest BCUT2D eigenvalue weighted by Gasteiger charge is 2.19. The minimum Gasteiger partial charge on any atom is -0.389 e. The second kappa shape index (κ2) is 7.36. The summed E-state index contributed by atoms with van der Waals surface area (Å²) >= 11 is 0. The number of aliphatic hydroxyl groups is 1. The summed E-state index contributed by atoms with van der Waals surface area (Å²) in [6, 6.07) is 8.85. The lowest BCUT2D eigenvalue weighted by molar-refractivity contribution is 0.0247. The molecule has 0 aliphatic heterocycles. The van der Waals surface area contributed by atoms with Crippen LogP contribution in [0.5, 0.6) is 0 Å². The van der Waals surface area contributed by atoms with Crippen molar-refractivity contribution in [2.24, 2.45) is 0 Å². The average Bonchev–Trinajstić information content (AvgIpc) is 2.36. The van der Waals surface area contributed by atoms with Crippen LogP contribution >= 0.6 is 0 Å². The molecule has 0 bridgehead atoms. The number of methoxy groups -OCH3 is 1. The molecular formula is C16H29NO2Si. The van der Waals surface area contributed by atoms with Gasteiger partial charge in [-0.1, -0.05) is 49.1 Å². The standard InChI is InChI=1S/C16H29NO2Si/c1-16(18,10-11-19-2)13-17-12-14-6-8-15(9-7-14)20(3,4)5/h6-9,17-18H,10-13H2,1-5H3. The number of hydrogen-bond donors (Lipinski definition) is 2. The van der Waals surface area contributed by atoms with E-state index >= 15 is 0 Å². The van der Waals surface area contributed by atoms with E-state index in [0.717, 1.165) is 6.54 Å². The summed E-state index contributed by atoms with van der Waals surface area (Å²) in [5.74, 6) is 0. The monoisotopic (exact) mass is 295 g/mol. The van der Waals surface area contributed by atoms with E-state index in [1.54, 1.807) is 7.11 Å². The fourth-order valence-electron chi connectivity index (χ4n) is 2.01. The molecule has 0 aliphatic rings. The lowest BCUT2D eigenvalue weighted by atomic mass is 10.0. The molecule has 0 fully saturated rings. The van der Waals surface area contributed by atoms with Gasteiger partial charge in [0.1, 0.15) is 0 Å². The maximum atomic E-state index is 10.1. The highest BCUT2D eigenvalue weighted by atomic mass is 28.3. The molecular weight excluding hydrogens is 266 g/mol. The summed E-state index contributed by atoms with van der Waals surface area (Å²) < 4.78 is 5.00. The van der Waals surface area contributed by atoms with Gasteiger partial charge in [0, 0.05) is 33.2 Å². The first-order valence-corrected chi connectivity index (χ1v) is 10.8. The zero-order valence-electron chi connectivity index (χ0n) is 13.5. The third-order valence-corrected chi connectivity index (χ3v) is 5.57. The van der Waals surface area contributed by atoms with Crippen LogP contribution < -0.4 is 10.5 Å². The highest BCUT2D eigenvalue weighted by molar-refractivity contribution is 6.88. The van der Waals surface area contributed by atoms with Crippen molar-refractivity contribution >= 4 is 13.3 Å². The Morgan fingerprint density at radius 2 is 1.80 bits per heavy atom. The van der Waals surface area contributed by atoms with Crippen molar-refractivity contribution in [1.29, 1.82) is 0 Å². The molecule has 1 unspecified atom stereocenters. The third-order valence-electron chi connectivity index (χ3n) is 3.50. The van der Waals surface area contributed by atoms with Crippen LogP contribution in [0.3, 0.4) is 0 Å². The van der Waals surface area contributed by atoms with Crippen LogP contribution in [0.25, 0.3) is 0 Å². The van der Waals surface area contributed by atoms with Crippen LogP contribution in [0.2, 0.25) is 19.6 Å². The van der Waals surface area contributed by atoms with E-state index in [1.165, 1.54) is 10.8 Å². The molecule has 0 aromatic heterocycles. The van der Waals surface area contributed by atoms with E-state index in [0.29, 0.717) is 19.6 Å². The largest absolute Gasteiger partial charge is 0.389 e. The molecule has 1 aromatic rings. The van der Waals surface area contributed by atoms with Gasteiger partial charge in [0.2, 0.25) is 0 Å². The topological polar surface area (TPSA) is 41.5 Å². The summed E-state index contributed by atoms with van der Waals surface area (Å²) in [6.45, 7) is 10.8. The molecule has 1 atom stereocenters. The number of rotatable bonds is 8. The Bertz CT molecular complexity index is 396. The van der Waals surface area contributed by atoms with E-state index < -0.39 is 13.7 Å². The quantitative estimate of drug-likeness (QED) is 0.722. The molecule has 4 heteroatoms. The highest BCUT2D eigenvalue weighted by Crippen LogP contribution is 2.09. The Labute approximate surface area is 124 Å². The molecule has 1 rings (SSSR count). The second-order valence-electron chi connectivity index (χ2n) is 6.79. The summed E-state index contributed by atoms with van der Waals surface area (Å²) in [5.41, 5.74) is 0.545. The van der Waals surface area contributed by atoms with E-state index in [4.69, 9.17) is 4.74 Å². The SMILES string of the molecule is COCCC(C)(O)CNCc1ccc([Si](C)(C)C)cc1. The van der Waals surface area contributed by atoms with Crippen LogP contribution in [0.1, 0.15) is 18.9 Å². The number of hydrogen-bond acceptors (Lipinski definition) is 3. The van der Waals surface area contributed by atoms with Crippen molar-refractivity contribution in [1.82, 2.24) is 5.32 Å². The second-order valence-corrected chi connectivity index (χ2v) is 11.9. The summed E-state index contributed by atoms with van der Waals surface area (Å²) in [5, 5.41) is 14.9. The minimum atomic E-state index is -1.21. The van der Waals surface area contributed by atoms with Gasteiger partial charge in [0.25, 0.3) is 0 Å². The van der Waals surface area contributed by atoms with Gasteiger partial charge < -0.3 is 15.2 Å². The lowest BCUT2D eigenvalue weighted by Gasteiger charge is -2.23. The van der Waals surface area contributed by atoms with Crippen LogP contribution in [0.4, 0.5) is 0 Å². The molecule has 0 saturated carbocycles. The molecule has 0 saturated heterocycles.